The highest BCUT2D eigenvalue weighted by Crippen LogP contribution is 2.18. The molecule has 0 spiro atoms. The van der Waals surface area contributed by atoms with Gasteiger partial charge in [-0.15, -0.1) is 0 Å². The van der Waals surface area contributed by atoms with Crippen LogP contribution in [0, 0.1) is 11.8 Å². The molecule has 0 aromatic rings. The van der Waals surface area contributed by atoms with E-state index in [0.29, 0.717) is 17.9 Å². The van der Waals surface area contributed by atoms with Crippen molar-refractivity contribution in [3.8, 4) is 0 Å². The van der Waals surface area contributed by atoms with Crippen molar-refractivity contribution >= 4 is 5.96 Å². The van der Waals surface area contributed by atoms with Gasteiger partial charge in [-0.1, -0.05) is 0 Å². The number of likely N-dealkylation sites (tertiary alicyclic amines) is 1. The summed E-state index contributed by atoms with van der Waals surface area (Å²) in [5.74, 6) is 2.22. The number of aliphatic imine (C=N–C) groups is 1. The molecule has 0 aromatic carbocycles. The predicted molar refractivity (Wildman–Crippen MR) is 108 cm³/mol. The average molecular weight is 369 g/mol. The van der Waals surface area contributed by atoms with E-state index in [1.165, 1.54) is 25.9 Å². The SMILES string of the molecule is CCNC(=NCC1CCCN(C(C)C)C1)NCCCOCC1CCOC1. The maximum absolute atomic E-state index is 5.76. The zero-order valence-electron chi connectivity index (χ0n) is 17.1. The maximum atomic E-state index is 5.76. The zero-order valence-corrected chi connectivity index (χ0v) is 17.1. The average Bonchev–Trinajstić information content (AvgIpc) is 3.16. The van der Waals surface area contributed by atoms with E-state index < -0.39 is 0 Å². The monoisotopic (exact) mass is 368 g/mol. The largest absolute Gasteiger partial charge is 0.381 e. The molecule has 2 aliphatic rings. The molecule has 2 heterocycles. The highest BCUT2D eigenvalue weighted by molar-refractivity contribution is 5.79. The summed E-state index contributed by atoms with van der Waals surface area (Å²) in [6, 6.07) is 0.643. The lowest BCUT2D eigenvalue weighted by Gasteiger charge is -2.34. The van der Waals surface area contributed by atoms with Crippen LogP contribution in [0.25, 0.3) is 0 Å². The first-order valence-corrected chi connectivity index (χ1v) is 10.6. The van der Waals surface area contributed by atoms with Gasteiger partial charge in [0.2, 0.25) is 0 Å². The molecule has 152 valence electrons. The minimum absolute atomic E-state index is 0.600. The second-order valence-electron chi connectivity index (χ2n) is 7.90. The summed E-state index contributed by atoms with van der Waals surface area (Å²) in [4.78, 5) is 7.40. The Balaban J connectivity index is 1.60. The smallest absolute Gasteiger partial charge is 0.191 e. The molecule has 0 radical (unpaired) electrons. The van der Waals surface area contributed by atoms with Gasteiger partial charge in [-0.05, 0) is 58.9 Å². The number of hydrogen-bond acceptors (Lipinski definition) is 4. The summed E-state index contributed by atoms with van der Waals surface area (Å²) < 4.78 is 11.1. The molecule has 6 nitrogen and oxygen atoms in total. The molecule has 2 aliphatic heterocycles. The Morgan fingerprint density at radius 1 is 1.27 bits per heavy atom. The summed E-state index contributed by atoms with van der Waals surface area (Å²) in [7, 11) is 0. The minimum Gasteiger partial charge on any atom is -0.381 e. The highest BCUT2D eigenvalue weighted by Gasteiger charge is 2.21. The van der Waals surface area contributed by atoms with Crippen molar-refractivity contribution in [3.05, 3.63) is 0 Å². The third kappa shape index (κ3) is 8.23. The van der Waals surface area contributed by atoms with Gasteiger partial charge in [0.05, 0.1) is 13.2 Å². The fourth-order valence-corrected chi connectivity index (χ4v) is 3.62. The molecule has 0 amide bonds. The molecule has 2 atom stereocenters. The van der Waals surface area contributed by atoms with Crippen molar-refractivity contribution in [1.29, 1.82) is 0 Å². The van der Waals surface area contributed by atoms with Crippen molar-refractivity contribution < 1.29 is 9.47 Å². The summed E-state index contributed by atoms with van der Waals surface area (Å²) in [6.07, 6.45) is 4.74. The fourth-order valence-electron chi connectivity index (χ4n) is 3.62. The molecule has 2 saturated heterocycles. The van der Waals surface area contributed by atoms with Crippen LogP contribution in [0.4, 0.5) is 0 Å². The van der Waals surface area contributed by atoms with Crippen LogP contribution < -0.4 is 10.6 Å². The van der Waals surface area contributed by atoms with Crippen molar-refractivity contribution in [1.82, 2.24) is 15.5 Å². The van der Waals surface area contributed by atoms with Gasteiger partial charge in [0.1, 0.15) is 0 Å². The summed E-state index contributed by atoms with van der Waals surface area (Å²) in [5.41, 5.74) is 0. The third-order valence-corrected chi connectivity index (χ3v) is 5.27. The van der Waals surface area contributed by atoms with Gasteiger partial charge >= 0.3 is 0 Å². The molecule has 6 heteroatoms. The molecular weight excluding hydrogens is 328 g/mol. The Morgan fingerprint density at radius 3 is 2.88 bits per heavy atom. The summed E-state index contributed by atoms with van der Waals surface area (Å²) in [6.45, 7) is 15.2. The van der Waals surface area contributed by atoms with E-state index in [9.17, 15) is 0 Å². The Hall–Kier alpha value is -0.850. The number of piperidine rings is 1. The van der Waals surface area contributed by atoms with E-state index in [2.05, 4.69) is 36.3 Å². The van der Waals surface area contributed by atoms with E-state index in [1.807, 2.05) is 0 Å². The van der Waals surface area contributed by atoms with Crippen LogP contribution in [0.5, 0.6) is 0 Å². The highest BCUT2D eigenvalue weighted by atomic mass is 16.5. The fraction of sp³-hybridized carbons (Fsp3) is 0.950. The molecule has 0 bridgehead atoms. The lowest BCUT2D eigenvalue weighted by Crippen LogP contribution is -2.42. The number of guanidine groups is 1. The number of rotatable bonds is 10. The van der Waals surface area contributed by atoms with Crippen molar-refractivity contribution in [2.24, 2.45) is 16.8 Å². The molecule has 0 aliphatic carbocycles. The Labute approximate surface area is 160 Å². The van der Waals surface area contributed by atoms with Crippen LogP contribution in [-0.4, -0.2) is 76.1 Å². The lowest BCUT2D eigenvalue weighted by atomic mass is 9.97. The van der Waals surface area contributed by atoms with Gasteiger partial charge in [0.15, 0.2) is 5.96 Å². The quantitative estimate of drug-likeness (QED) is 0.351. The van der Waals surface area contributed by atoms with Gasteiger partial charge in [-0.25, -0.2) is 0 Å². The van der Waals surface area contributed by atoms with Gasteiger partial charge in [0.25, 0.3) is 0 Å². The van der Waals surface area contributed by atoms with E-state index in [0.717, 1.165) is 64.9 Å². The molecule has 0 saturated carbocycles. The molecule has 2 N–H and O–H groups in total. The minimum atomic E-state index is 0.600. The standard InChI is InChI=1S/C20H40N4O2/c1-4-21-20(22-9-6-11-25-15-19-8-12-26-16-19)23-13-18-7-5-10-24(14-18)17(2)3/h17-19H,4-16H2,1-3H3,(H2,21,22,23). The van der Waals surface area contributed by atoms with Gasteiger partial charge in [-0.3, -0.25) is 4.99 Å². The van der Waals surface area contributed by atoms with E-state index in [1.54, 1.807) is 0 Å². The molecule has 2 fully saturated rings. The van der Waals surface area contributed by atoms with Crippen LogP contribution in [0.3, 0.4) is 0 Å². The second kappa shape index (κ2) is 12.5. The molecule has 0 aromatic heterocycles. The van der Waals surface area contributed by atoms with E-state index >= 15 is 0 Å². The normalized spacial score (nSPS) is 25.0. The topological polar surface area (TPSA) is 58.1 Å². The number of nitrogens with one attached hydrogen (secondary N) is 2. The van der Waals surface area contributed by atoms with Gasteiger partial charge < -0.3 is 25.0 Å². The Morgan fingerprint density at radius 2 is 2.15 bits per heavy atom. The van der Waals surface area contributed by atoms with Crippen LogP contribution in [-0.2, 0) is 9.47 Å². The number of hydrogen-bond donors (Lipinski definition) is 2. The van der Waals surface area contributed by atoms with Gasteiger partial charge in [-0.2, -0.15) is 0 Å². The van der Waals surface area contributed by atoms with Crippen LogP contribution in [0.2, 0.25) is 0 Å². The zero-order chi connectivity index (χ0) is 18.6. The lowest BCUT2D eigenvalue weighted by molar-refractivity contribution is 0.0888. The van der Waals surface area contributed by atoms with Crippen LogP contribution >= 0.6 is 0 Å². The van der Waals surface area contributed by atoms with Crippen molar-refractivity contribution in [3.63, 3.8) is 0 Å². The number of nitrogens with zero attached hydrogens (tertiary/aromatic N) is 2. The molecule has 2 rings (SSSR count). The number of ether oxygens (including phenoxy) is 2. The van der Waals surface area contributed by atoms with Gasteiger partial charge in [0, 0.05) is 51.4 Å². The third-order valence-electron chi connectivity index (χ3n) is 5.27. The van der Waals surface area contributed by atoms with E-state index in [4.69, 9.17) is 14.5 Å². The second-order valence-corrected chi connectivity index (χ2v) is 7.90. The molecular formula is C20H40N4O2. The molecule has 26 heavy (non-hydrogen) atoms. The molecule has 2 unspecified atom stereocenters. The van der Waals surface area contributed by atoms with E-state index in [-0.39, 0.29) is 0 Å². The van der Waals surface area contributed by atoms with Crippen molar-refractivity contribution in [2.45, 2.75) is 52.5 Å². The predicted octanol–water partition coefficient (Wildman–Crippen LogP) is 2.11. The first-order valence-electron chi connectivity index (χ1n) is 10.6. The van der Waals surface area contributed by atoms with Crippen LogP contribution in [0.1, 0.15) is 46.5 Å². The first-order chi connectivity index (χ1) is 12.7. The summed E-state index contributed by atoms with van der Waals surface area (Å²) >= 11 is 0. The van der Waals surface area contributed by atoms with Crippen LogP contribution in [0.15, 0.2) is 4.99 Å². The first kappa shape index (κ1) is 21.5. The summed E-state index contributed by atoms with van der Waals surface area (Å²) in [5, 5.41) is 6.80. The maximum Gasteiger partial charge on any atom is 0.191 e. The Kier molecular flexibility index (Phi) is 10.3. The Bertz CT molecular complexity index is 397. The van der Waals surface area contributed by atoms with Crippen molar-refractivity contribution in [2.75, 3.05) is 59.2 Å².